The van der Waals surface area contributed by atoms with Crippen molar-refractivity contribution in [2.45, 2.75) is 20.3 Å². The molecule has 0 aliphatic heterocycles. The van der Waals surface area contributed by atoms with E-state index >= 15 is 0 Å². The van der Waals surface area contributed by atoms with E-state index in [0.717, 1.165) is 23.0 Å². The summed E-state index contributed by atoms with van der Waals surface area (Å²) in [4.78, 5) is 12.2. The SMILES string of the molecule is Cc1ccc(C(=O)Nc2ccc(CCBr)cc2)cc1C. The van der Waals surface area contributed by atoms with Crippen molar-refractivity contribution in [3.63, 3.8) is 0 Å². The maximum absolute atomic E-state index is 12.2. The molecule has 20 heavy (non-hydrogen) atoms. The summed E-state index contributed by atoms with van der Waals surface area (Å²) < 4.78 is 0. The Balaban J connectivity index is 2.08. The Kier molecular flexibility index (Phi) is 4.96. The van der Waals surface area contributed by atoms with Gasteiger partial charge in [-0.15, -0.1) is 0 Å². The molecule has 0 unspecified atom stereocenters. The lowest BCUT2D eigenvalue weighted by Crippen LogP contribution is -2.12. The Morgan fingerprint density at radius 3 is 2.35 bits per heavy atom. The lowest BCUT2D eigenvalue weighted by Gasteiger charge is -2.08. The van der Waals surface area contributed by atoms with Crippen molar-refractivity contribution < 1.29 is 4.79 Å². The van der Waals surface area contributed by atoms with Crippen LogP contribution in [-0.4, -0.2) is 11.2 Å². The second-order valence-corrected chi connectivity index (χ2v) is 5.68. The number of nitrogens with one attached hydrogen (secondary N) is 1. The fourth-order valence-electron chi connectivity index (χ4n) is 1.95. The number of carbonyl (C=O) groups is 1. The third-order valence-corrected chi connectivity index (χ3v) is 3.76. The molecule has 0 radical (unpaired) electrons. The van der Waals surface area contributed by atoms with Crippen LogP contribution in [0.25, 0.3) is 0 Å². The van der Waals surface area contributed by atoms with Gasteiger partial charge in [-0.1, -0.05) is 34.1 Å². The van der Waals surface area contributed by atoms with Gasteiger partial charge in [0.05, 0.1) is 0 Å². The number of hydrogen-bond donors (Lipinski definition) is 1. The first-order valence-electron chi connectivity index (χ1n) is 6.63. The number of hydrogen-bond acceptors (Lipinski definition) is 1. The highest BCUT2D eigenvalue weighted by Gasteiger charge is 2.07. The second kappa shape index (κ2) is 6.71. The molecule has 0 saturated carbocycles. The molecule has 2 nitrogen and oxygen atoms in total. The van der Waals surface area contributed by atoms with Crippen LogP contribution in [0.2, 0.25) is 0 Å². The Hall–Kier alpha value is -1.61. The molecule has 0 aliphatic carbocycles. The van der Waals surface area contributed by atoms with E-state index < -0.39 is 0 Å². The smallest absolute Gasteiger partial charge is 0.255 e. The molecular weight excluding hydrogens is 314 g/mol. The van der Waals surface area contributed by atoms with E-state index in [1.165, 1.54) is 11.1 Å². The molecule has 1 N–H and O–H groups in total. The predicted octanol–water partition coefficient (Wildman–Crippen LogP) is 4.49. The van der Waals surface area contributed by atoms with E-state index in [1.807, 2.05) is 56.3 Å². The van der Waals surface area contributed by atoms with Gasteiger partial charge in [0.2, 0.25) is 0 Å². The van der Waals surface area contributed by atoms with E-state index in [0.29, 0.717) is 5.56 Å². The summed E-state index contributed by atoms with van der Waals surface area (Å²) in [6, 6.07) is 13.7. The van der Waals surface area contributed by atoms with Crippen LogP contribution < -0.4 is 5.32 Å². The fourth-order valence-corrected chi connectivity index (χ4v) is 2.41. The average molecular weight is 332 g/mol. The van der Waals surface area contributed by atoms with Gasteiger partial charge in [0.1, 0.15) is 0 Å². The molecule has 2 aromatic rings. The van der Waals surface area contributed by atoms with Gasteiger partial charge < -0.3 is 5.32 Å². The summed E-state index contributed by atoms with van der Waals surface area (Å²) >= 11 is 3.42. The van der Waals surface area contributed by atoms with E-state index in [-0.39, 0.29) is 5.91 Å². The third kappa shape index (κ3) is 3.70. The summed E-state index contributed by atoms with van der Waals surface area (Å²) in [7, 11) is 0. The van der Waals surface area contributed by atoms with Crippen molar-refractivity contribution >= 4 is 27.5 Å². The van der Waals surface area contributed by atoms with Gasteiger partial charge in [-0.2, -0.15) is 0 Å². The number of aryl methyl sites for hydroxylation is 3. The zero-order chi connectivity index (χ0) is 14.5. The number of benzene rings is 2. The maximum Gasteiger partial charge on any atom is 0.255 e. The minimum Gasteiger partial charge on any atom is -0.322 e. The normalized spacial score (nSPS) is 10.3. The van der Waals surface area contributed by atoms with Crippen LogP contribution in [0.15, 0.2) is 42.5 Å². The molecule has 0 saturated heterocycles. The molecule has 2 aromatic carbocycles. The molecule has 0 bridgehead atoms. The highest BCUT2D eigenvalue weighted by atomic mass is 79.9. The van der Waals surface area contributed by atoms with Crippen LogP contribution in [0.4, 0.5) is 5.69 Å². The summed E-state index contributed by atoms with van der Waals surface area (Å²) in [5.74, 6) is -0.0682. The van der Waals surface area contributed by atoms with Crippen molar-refractivity contribution in [2.75, 3.05) is 10.6 Å². The Morgan fingerprint density at radius 2 is 1.75 bits per heavy atom. The highest BCUT2D eigenvalue weighted by Crippen LogP contribution is 2.14. The van der Waals surface area contributed by atoms with E-state index in [9.17, 15) is 4.79 Å². The molecule has 0 aliphatic rings. The number of alkyl halides is 1. The molecule has 0 atom stereocenters. The molecule has 0 heterocycles. The predicted molar refractivity (Wildman–Crippen MR) is 87.8 cm³/mol. The fraction of sp³-hybridized carbons (Fsp3) is 0.235. The quantitative estimate of drug-likeness (QED) is 0.821. The van der Waals surface area contributed by atoms with Gasteiger partial charge in [-0.05, 0) is 61.2 Å². The minimum absolute atomic E-state index is 0.0682. The minimum atomic E-state index is -0.0682. The number of amides is 1. The van der Waals surface area contributed by atoms with Crippen LogP contribution in [0.5, 0.6) is 0 Å². The van der Waals surface area contributed by atoms with E-state index in [4.69, 9.17) is 0 Å². The average Bonchev–Trinajstić information content (AvgIpc) is 2.44. The molecule has 0 aromatic heterocycles. The van der Waals surface area contributed by atoms with E-state index in [1.54, 1.807) is 0 Å². The largest absolute Gasteiger partial charge is 0.322 e. The number of rotatable bonds is 4. The van der Waals surface area contributed by atoms with Gasteiger partial charge in [0.25, 0.3) is 5.91 Å². The first kappa shape index (κ1) is 14.8. The Labute approximate surface area is 128 Å². The molecule has 1 amide bonds. The topological polar surface area (TPSA) is 29.1 Å². The molecule has 2 rings (SSSR count). The van der Waals surface area contributed by atoms with Crippen molar-refractivity contribution in [1.82, 2.24) is 0 Å². The zero-order valence-corrected chi connectivity index (χ0v) is 13.3. The van der Waals surface area contributed by atoms with Gasteiger partial charge in [0, 0.05) is 16.6 Å². The highest BCUT2D eigenvalue weighted by molar-refractivity contribution is 9.09. The summed E-state index contributed by atoms with van der Waals surface area (Å²) in [6.07, 6.45) is 0.991. The van der Waals surface area contributed by atoms with Crippen LogP contribution in [0, 0.1) is 13.8 Å². The first-order chi connectivity index (χ1) is 9.60. The standard InChI is InChI=1S/C17H18BrNO/c1-12-3-6-15(11-13(12)2)17(20)19-16-7-4-14(5-8-16)9-10-18/h3-8,11H,9-10H2,1-2H3,(H,19,20). The molecule has 0 fully saturated rings. The van der Waals surface area contributed by atoms with Crippen LogP contribution in [0.3, 0.4) is 0 Å². The van der Waals surface area contributed by atoms with Crippen LogP contribution in [0.1, 0.15) is 27.0 Å². The van der Waals surface area contributed by atoms with Crippen LogP contribution in [-0.2, 0) is 6.42 Å². The molecule has 0 spiro atoms. The summed E-state index contributed by atoms with van der Waals surface area (Å²) in [5.41, 5.74) is 5.10. The Bertz CT molecular complexity index is 605. The number of halogens is 1. The summed E-state index contributed by atoms with van der Waals surface area (Å²) in [6.45, 7) is 4.06. The van der Waals surface area contributed by atoms with Gasteiger partial charge in [-0.25, -0.2) is 0 Å². The first-order valence-corrected chi connectivity index (χ1v) is 7.76. The number of anilines is 1. The zero-order valence-electron chi connectivity index (χ0n) is 11.7. The monoisotopic (exact) mass is 331 g/mol. The summed E-state index contributed by atoms with van der Waals surface area (Å²) in [5, 5.41) is 3.87. The van der Waals surface area contributed by atoms with Gasteiger partial charge in [-0.3, -0.25) is 4.79 Å². The maximum atomic E-state index is 12.2. The molecule has 104 valence electrons. The third-order valence-electron chi connectivity index (χ3n) is 3.36. The van der Waals surface area contributed by atoms with Crippen molar-refractivity contribution in [3.8, 4) is 0 Å². The van der Waals surface area contributed by atoms with Crippen molar-refractivity contribution in [2.24, 2.45) is 0 Å². The van der Waals surface area contributed by atoms with Gasteiger partial charge in [0.15, 0.2) is 0 Å². The van der Waals surface area contributed by atoms with Crippen molar-refractivity contribution in [1.29, 1.82) is 0 Å². The lowest BCUT2D eigenvalue weighted by molar-refractivity contribution is 0.102. The van der Waals surface area contributed by atoms with Gasteiger partial charge >= 0.3 is 0 Å². The van der Waals surface area contributed by atoms with Crippen LogP contribution >= 0.6 is 15.9 Å². The Morgan fingerprint density at radius 1 is 1.05 bits per heavy atom. The number of carbonyl (C=O) groups excluding carboxylic acids is 1. The lowest BCUT2D eigenvalue weighted by atomic mass is 10.1. The second-order valence-electron chi connectivity index (χ2n) is 4.89. The molecule has 3 heteroatoms. The van der Waals surface area contributed by atoms with Crippen molar-refractivity contribution in [3.05, 3.63) is 64.7 Å². The molecular formula is C17H18BrNO. The van der Waals surface area contributed by atoms with E-state index in [2.05, 4.69) is 21.2 Å².